The van der Waals surface area contributed by atoms with Gasteiger partial charge in [-0.3, -0.25) is 0 Å². The predicted octanol–water partition coefficient (Wildman–Crippen LogP) is 0.707. The van der Waals surface area contributed by atoms with Crippen molar-refractivity contribution in [2.75, 3.05) is 44.9 Å². The van der Waals surface area contributed by atoms with Gasteiger partial charge in [-0.25, -0.2) is 13.1 Å². The zero-order valence-corrected chi connectivity index (χ0v) is 13.7. The molecule has 1 saturated heterocycles. The zero-order valence-electron chi connectivity index (χ0n) is 12.8. The second-order valence-electron chi connectivity index (χ2n) is 5.59. The Kier molecular flexibility index (Phi) is 4.75. The number of nitrogens with zero attached hydrogens (tertiary/aromatic N) is 2. The van der Waals surface area contributed by atoms with Crippen molar-refractivity contribution in [3.63, 3.8) is 0 Å². The van der Waals surface area contributed by atoms with E-state index in [0.29, 0.717) is 11.7 Å². The van der Waals surface area contributed by atoms with Crippen LogP contribution in [0.1, 0.15) is 12.8 Å². The number of hydrogen-bond donors (Lipinski definition) is 2. The summed E-state index contributed by atoms with van der Waals surface area (Å²) in [5, 5.41) is 0. The number of likely N-dealkylation sites (N-methyl/N-ethyl adjacent to an activating group) is 2. The van der Waals surface area contributed by atoms with Gasteiger partial charge in [-0.2, -0.15) is 0 Å². The van der Waals surface area contributed by atoms with Gasteiger partial charge in [0.05, 0.1) is 16.3 Å². The first-order valence-electron chi connectivity index (χ1n) is 7.09. The summed E-state index contributed by atoms with van der Waals surface area (Å²) >= 11 is 0. The number of likely N-dealkylation sites (tertiary alicyclic amines) is 1. The maximum atomic E-state index is 11.9. The Morgan fingerprint density at radius 2 is 2.19 bits per heavy atom. The second kappa shape index (κ2) is 6.21. The topological polar surface area (TPSA) is 78.7 Å². The number of nitrogens with one attached hydrogen (secondary N) is 1. The molecule has 0 amide bonds. The molecule has 0 bridgehead atoms. The molecule has 2 rings (SSSR count). The summed E-state index contributed by atoms with van der Waals surface area (Å²) in [5.41, 5.74) is 7.36. The zero-order chi connectivity index (χ0) is 15.6. The molecule has 1 aliphatic rings. The van der Waals surface area contributed by atoms with Crippen LogP contribution in [0.3, 0.4) is 0 Å². The SMILES string of the molecule is CNS(=O)(=O)c1ccc(N)c(N(C)CC2CCCN2C)c1. The maximum absolute atomic E-state index is 11.9. The molecule has 1 atom stereocenters. The van der Waals surface area contributed by atoms with Crippen LogP contribution < -0.4 is 15.4 Å². The van der Waals surface area contributed by atoms with Crippen LogP contribution in [-0.2, 0) is 10.0 Å². The molecule has 1 aromatic carbocycles. The van der Waals surface area contributed by atoms with Crippen LogP contribution in [0, 0.1) is 0 Å². The molecule has 1 heterocycles. The highest BCUT2D eigenvalue weighted by Crippen LogP contribution is 2.27. The summed E-state index contributed by atoms with van der Waals surface area (Å²) in [6, 6.07) is 5.30. The quantitative estimate of drug-likeness (QED) is 0.783. The highest BCUT2D eigenvalue weighted by molar-refractivity contribution is 7.89. The highest BCUT2D eigenvalue weighted by atomic mass is 32.2. The Balaban J connectivity index is 2.24. The normalized spacial score (nSPS) is 19.9. The number of anilines is 2. The molecule has 0 spiro atoms. The van der Waals surface area contributed by atoms with Crippen LogP contribution in [0.15, 0.2) is 23.1 Å². The molecule has 1 aliphatic heterocycles. The molecule has 7 heteroatoms. The van der Waals surface area contributed by atoms with Gasteiger partial charge >= 0.3 is 0 Å². The van der Waals surface area contributed by atoms with Crippen LogP contribution in [0.2, 0.25) is 0 Å². The van der Waals surface area contributed by atoms with E-state index in [1.807, 2.05) is 11.9 Å². The third-order valence-corrected chi connectivity index (χ3v) is 5.56. The summed E-state index contributed by atoms with van der Waals surface area (Å²) in [5.74, 6) is 0. The minimum absolute atomic E-state index is 0.237. The van der Waals surface area contributed by atoms with Gasteiger partial charge in [0.25, 0.3) is 0 Å². The second-order valence-corrected chi connectivity index (χ2v) is 7.47. The van der Waals surface area contributed by atoms with Crippen molar-refractivity contribution in [1.82, 2.24) is 9.62 Å². The van der Waals surface area contributed by atoms with Crippen molar-refractivity contribution < 1.29 is 8.42 Å². The van der Waals surface area contributed by atoms with Crippen molar-refractivity contribution in [2.45, 2.75) is 23.8 Å². The van der Waals surface area contributed by atoms with E-state index < -0.39 is 10.0 Å². The van der Waals surface area contributed by atoms with Gasteiger partial charge in [-0.05, 0) is 51.7 Å². The Morgan fingerprint density at radius 1 is 1.48 bits per heavy atom. The van der Waals surface area contributed by atoms with Gasteiger partial charge in [0.1, 0.15) is 0 Å². The van der Waals surface area contributed by atoms with Gasteiger partial charge in [0.2, 0.25) is 10.0 Å². The monoisotopic (exact) mass is 312 g/mol. The van der Waals surface area contributed by atoms with Crippen molar-refractivity contribution in [2.24, 2.45) is 0 Å². The fourth-order valence-electron chi connectivity index (χ4n) is 2.76. The van der Waals surface area contributed by atoms with Gasteiger partial charge in [0.15, 0.2) is 0 Å². The van der Waals surface area contributed by atoms with Crippen LogP contribution in [-0.4, -0.2) is 53.6 Å². The smallest absolute Gasteiger partial charge is 0.240 e. The highest BCUT2D eigenvalue weighted by Gasteiger charge is 2.23. The lowest BCUT2D eigenvalue weighted by Gasteiger charge is -2.28. The van der Waals surface area contributed by atoms with E-state index in [2.05, 4.69) is 16.7 Å². The number of hydrogen-bond acceptors (Lipinski definition) is 5. The summed E-state index contributed by atoms with van der Waals surface area (Å²) in [4.78, 5) is 4.61. The van der Waals surface area contributed by atoms with Crippen LogP contribution in [0.25, 0.3) is 0 Å². The molecule has 0 radical (unpaired) electrons. The summed E-state index contributed by atoms with van der Waals surface area (Å²) in [7, 11) is 2.03. The van der Waals surface area contributed by atoms with Crippen LogP contribution in [0.5, 0.6) is 0 Å². The van der Waals surface area contributed by atoms with Crippen LogP contribution >= 0.6 is 0 Å². The minimum Gasteiger partial charge on any atom is -0.397 e. The van der Waals surface area contributed by atoms with Gasteiger partial charge in [-0.15, -0.1) is 0 Å². The molecule has 118 valence electrons. The van der Waals surface area contributed by atoms with E-state index in [-0.39, 0.29) is 4.90 Å². The standard InChI is InChI=1S/C14H24N4O2S/c1-16-21(19,20)12-6-7-13(15)14(9-12)18(3)10-11-5-4-8-17(11)2/h6-7,9,11,16H,4-5,8,10,15H2,1-3H3. The van der Waals surface area contributed by atoms with Crippen molar-refractivity contribution >= 4 is 21.4 Å². The first-order valence-corrected chi connectivity index (χ1v) is 8.58. The molecule has 3 N–H and O–H groups in total. The van der Waals surface area contributed by atoms with Gasteiger partial charge in [-0.1, -0.05) is 0 Å². The number of nitrogens with two attached hydrogens (primary N) is 1. The third-order valence-electron chi connectivity index (χ3n) is 4.15. The van der Waals surface area contributed by atoms with Gasteiger partial charge in [0, 0.05) is 19.6 Å². The summed E-state index contributed by atoms with van der Waals surface area (Å²) in [6.07, 6.45) is 2.37. The molecule has 0 aliphatic carbocycles. The molecule has 1 aromatic rings. The Morgan fingerprint density at radius 3 is 2.76 bits per heavy atom. The minimum atomic E-state index is -3.45. The van der Waals surface area contributed by atoms with E-state index in [0.717, 1.165) is 25.2 Å². The molecule has 6 nitrogen and oxygen atoms in total. The van der Waals surface area contributed by atoms with E-state index in [4.69, 9.17) is 5.73 Å². The van der Waals surface area contributed by atoms with Crippen molar-refractivity contribution in [3.8, 4) is 0 Å². The molecular weight excluding hydrogens is 288 g/mol. The Labute approximate surface area is 127 Å². The lowest BCUT2D eigenvalue weighted by Crippen LogP contribution is -2.37. The third kappa shape index (κ3) is 3.48. The number of rotatable bonds is 5. The lowest BCUT2D eigenvalue weighted by atomic mass is 10.2. The Hall–Kier alpha value is -1.31. The van der Waals surface area contributed by atoms with Crippen molar-refractivity contribution in [1.29, 1.82) is 0 Å². The fourth-order valence-corrected chi connectivity index (χ4v) is 3.51. The largest absolute Gasteiger partial charge is 0.397 e. The van der Waals surface area contributed by atoms with Crippen molar-refractivity contribution in [3.05, 3.63) is 18.2 Å². The number of sulfonamides is 1. The van der Waals surface area contributed by atoms with Crippen LogP contribution in [0.4, 0.5) is 11.4 Å². The summed E-state index contributed by atoms with van der Waals surface area (Å²) in [6.45, 7) is 1.95. The predicted molar refractivity (Wildman–Crippen MR) is 86.0 cm³/mol. The molecular formula is C14H24N4O2S. The molecule has 0 saturated carbocycles. The summed E-state index contributed by atoms with van der Waals surface area (Å²) < 4.78 is 26.1. The van der Waals surface area contributed by atoms with E-state index in [1.54, 1.807) is 12.1 Å². The number of nitrogen functional groups attached to an aromatic ring is 1. The van der Waals surface area contributed by atoms with E-state index in [1.165, 1.54) is 19.5 Å². The van der Waals surface area contributed by atoms with E-state index in [9.17, 15) is 8.42 Å². The number of benzene rings is 1. The lowest BCUT2D eigenvalue weighted by molar-refractivity contribution is 0.314. The molecule has 1 unspecified atom stereocenters. The van der Waals surface area contributed by atoms with Gasteiger partial charge < -0.3 is 15.5 Å². The molecule has 21 heavy (non-hydrogen) atoms. The molecule has 0 aromatic heterocycles. The fraction of sp³-hybridized carbons (Fsp3) is 0.571. The average Bonchev–Trinajstić information content (AvgIpc) is 2.84. The Bertz CT molecular complexity index is 603. The van der Waals surface area contributed by atoms with E-state index >= 15 is 0 Å². The maximum Gasteiger partial charge on any atom is 0.240 e. The average molecular weight is 312 g/mol. The first-order chi connectivity index (χ1) is 9.85. The molecule has 1 fully saturated rings. The first kappa shape index (κ1) is 16.1.